The van der Waals surface area contributed by atoms with Crippen molar-refractivity contribution in [3.8, 4) is 11.3 Å². The van der Waals surface area contributed by atoms with Gasteiger partial charge < -0.3 is 4.74 Å². The van der Waals surface area contributed by atoms with Crippen molar-refractivity contribution in [1.82, 2.24) is 4.98 Å². The van der Waals surface area contributed by atoms with Crippen LogP contribution >= 0.6 is 23.2 Å². The summed E-state index contributed by atoms with van der Waals surface area (Å²) in [6, 6.07) is 6.06. The Kier molecular flexibility index (Phi) is 4.63. The number of aromatic nitrogens is 1. The zero-order chi connectivity index (χ0) is 16.5. The molecule has 0 bridgehead atoms. The van der Waals surface area contributed by atoms with E-state index in [1.807, 2.05) is 0 Å². The normalized spacial score (nSPS) is 11.4. The number of pyridine rings is 1. The van der Waals surface area contributed by atoms with Crippen LogP contribution < -0.4 is 0 Å². The maximum atomic E-state index is 12.7. The molecule has 1 aromatic carbocycles. The molecular formula is C14H8Cl2F3NO2. The monoisotopic (exact) mass is 349 g/mol. The zero-order valence-corrected chi connectivity index (χ0v) is 12.6. The Bertz CT molecular complexity index is 733. The summed E-state index contributed by atoms with van der Waals surface area (Å²) >= 11 is 11.5. The van der Waals surface area contributed by atoms with Crippen molar-refractivity contribution in [3.05, 3.63) is 51.6 Å². The molecule has 0 fully saturated rings. The average molecular weight is 350 g/mol. The van der Waals surface area contributed by atoms with E-state index >= 15 is 0 Å². The summed E-state index contributed by atoms with van der Waals surface area (Å²) in [5.41, 5.74) is -0.502. The molecule has 0 aliphatic rings. The van der Waals surface area contributed by atoms with Crippen LogP contribution in [-0.2, 0) is 10.9 Å². The number of carbonyl (C=O) groups excluding carboxylic acids is 1. The second kappa shape index (κ2) is 6.14. The summed E-state index contributed by atoms with van der Waals surface area (Å²) in [6.07, 6.45) is -4.54. The molecule has 2 rings (SSSR count). The quantitative estimate of drug-likeness (QED) is 0.726. The van der Waals surface area contributed by atoms with Crippen molar-refractivity contribution in [2.75, 3.05) is 7.11 Å². The van der Waals surface area contributed by atoms with Gasteiger partial charge in [-0.05, 0) is 24.3 Å². The van der Waals surface area contributed by atoms with Crippen LogP contribution in [0.1, 0.15) is 16.1 Å². The molecule has 0 radical (unpaired) electrons. The van der Waals surface area contributed by atoms with E-state index in [-0.39, 0.29) is 16.4 Å². The first-order valence-electron chi connectivity index (χ1n) is 5.86. The third-order valence-corrected chi connectivity index (χ3v) is 3.41. The van der Waals surface area contributed by atoms with Gasteiger partial charge in [-0.1, -0.05) is 29.3 Å². The predicted octanol–water partition coefficient (Wildman–Crippen LogP) is 4.86. The van der Waals surface area contributed by atoms with Gasteiger partial charge >= 0.3 is 12.1 Å². The minimum absolute atomic E-state index is 0.0774. The van der Waals surface area contributed by atoms with E-state index in [2.05, 4.69) is 9.72 Å². The summed E-state index contributed by atoms with van der Waals surface area (Å²) in [6.45, 7) is 0. The number of hydrogen-bond acceptors (Lipinski definition) is 3. The van der Waals surface area contributed by atoms with E-state index in [4.69, 9.17) is 23.2 Å². The molecule has 0 spiro atoms. The SMILES string of the molecule is COC(=O)c1nc(-c2ccc(C(F)(F)F)c(Cl)c2)ccc1Cl. The smallest absolute Gasteiger partial charge is 0.417 e. The van der Waals surface area contributed by atoms with Gasteiger partial charge in [-0.2, -0.15) is 13.2 Å². The molecule has 116 valence electrons. The van der Waals surface area contributed by atoms with Gasteiger partial charge in [-0.3, -0.25) is 0 Å². The van der Waals surface area contributed by atoms with Gasteiger partial charge in [0.15, 0.2) is 5.69 Å². The molecule has 2 aromatic rings. The van der Waals surface area contributed by atoms with Crippen LogP contribution in [-0.4, -0.2) is 18.1 Å². The Balaban J connectivity index is 2.49. The van der Waals surface area contributed by atoms with Crippen molar-refractivity contribution in [2.45, 2.75) is 6.18 Å². The third-order valence-electron chi connectivity index (χ3n) is 2.80. The number of alkyl halides is 3. The second-order valence-corrected chi connectivity index (χ2v) is 5.03. The minimum atomic E-state index is -4.54. The molecular weight excluding hydrogens is 342 g/mol. The standard InChI is InChI=1S/C14H8Cl2F3NO2/c1-22-13(21)12-9(15)4-5-11(20-12)7-2-3-8(10(16)6-7)14(17,18)19/h2-6H,1H3. The number of ether oxygens (including phenoxy) is 1. The summed E-state index contributed by atoms with van der Waals surface area (Å²) < 4.78 is 42.6. The van der Waals surface area contributed by atoms with Crippen molar-refractivity contribution in [1.29, 1.82) is 0 Å². The van der Waals surface area contributed by atoms with Crippen LogP contribution in [0.3, 0.4) is 0 Å². The van der Waals surface area contributed by atoms with Crippen LogP contribution in [0.25, 0.3) is 11.3 Å². The Morgan fingerprint density at radius 2 is 1.82 bits per heavy atom. The Labute approximate surface area is 133 Å². The highest BCUT2D eigenvalue weighted by atomic mass is 35.5. The van der Waals surface area contributed by atoms with Crippen LogP contribution in [0.2, 0.25) is 10.0 Å². The molecule has 3 nitrogen and oxygen atoms in total. The first-order valence-corrected chi connectivity index (χ1v) is 6.61. The number of nitrogens with zero attached hydrogens (tertiary/aromatic N) is 1. The summed E-state index contributed by atoms with van der Waals surface area (Å²) in [7, 11) is 1.17. The highest BCUT2D eigenvalue weighted by molar-refractivity contribution is 6.33. The van der Waals surface area contributed by atoms with E-state index in [9.17, 15) is 18.0 Å². The number of methoxy groups -OCH3 is 1. The number of benzene rings is 1. The fourth-order valence-electron chi connectivity index (χ4n) is 1.75. The van der Waals surface area contributed by atoms with Gasteiger partial charge in [0.25, 0.3) is 0 Å². The lowest BCUT2D eigenvalue weighted by Gasteiger charge is -2.11. The summed E-state index contributed by atoms with van der Waals surface area (Å²) in [4.78, 5) is 15.5. The predicted molar refractivity (Wildman–Crippen MR) is 76.0 cm³/mol. The van der Waals surface area contributed by atoms with E-state index in [0.29, 0.717) is 5.56 Å². The van der Waals surface area contributed by atoms with Crippen molar-refractivity contribution >= 4 is 29.2 Å². The minimum Gasteiger partial charge on any atom is -0.464 e. The first kappa shape index (κ1) is 16.6. The largest absolute Gasteiger partial charge is 0.464 e. The lowest BCUT2D eigenvalue weighted by molar-refractivity contribution is -0.137. The maximum Gasteiger partial charge on any atom is 0.417 e. The molecule has 1 aromatic heterocycles. The van der Waals surface area contributed by atoms with E-state index in [1.54, 1.807) is 0 Å². The molecule has 0 atom stereocenters. The Hall–Kier alpha value is -1.79. The average Bonchev–Trinajstić information content (AvgIpc) is 2.45. The number of esters is 1. The van der Waals surface area contributed by atoms with E-state index < -0.39 is 22.7 Å². The van der Waals surface area contributed by atoms with Gasteiger partial charge in [0, 0.05) is 5.56 Å². The number of halogens is 5. The van der Waals surface area contributed by atoms with Crippen LogP contribution in [0, 0.1) is 0 Å². The maximum absolute atomic E-state index is 12.7. The first-order chi connectivity index (χ1) is 10.2. The lowest BCUT2D eigenvalue weighted by atomic mass is 10.1. The molecule has 22 heavy (non-hydrogen) atoms. The Morgan fingerprint density at radius 3 is 2.36 bits per heavy atom. The van der Waals surface area contributed by atoms with Gasteiger partial charge in [0.05, 0.1) is 28.4 Å². The molecule has 0 unspecified atom stereocenters. The Morgan fingerprint density at radius 1 is 1.14 bits per heavy atom. The van der Waals surface area contributed by atoms with Crippen LogP contribution in [0.4, 0.5) is 13.2 Å². The van der Waals surface area contributed by atoms with Crippen molar-refractivity contribution < 1.29 is 22.7 Å². The molecule has 0 saturated heterocycles. The van der Waals surface area contributed by atoms with Crippen LogP contribution in [0.5, 0.6) is 0 Å². The number of rotatable bonds is 2. The van der Waals surface area contributed by atoms with Gasteiger partial charge in [-0.15, -0.1) is 0 Å². The number of carbonyl (C=O) groups is 1. The van der Waals surface area contributed by atoms with Gasteiger partial charge in [0.1, 0.15) is 0 Å². The van der Waals surface area contributed by atoms with Crippen molar-refractivity contribution in [3.63, 3.8) is 0 Å². The highest BCUT2D eigenvalue weighted by Gasteiger charge is 2.33. The zero-order valence-electron chi connectivity index (χ0n) is 11.0. The molecule has 0 aliphatic heterocycles. The van der Waals surface area contributed by atoms with Gasteiger partial charge in [-0.25, -0.2) is 9.78 Å². The summed E-state index contributed by atoms with van der Waals surface area (Å²) in [5, 5.41) is -0.380. The van der Waals surface area contributed by atoms with Crippen molar-refractivity contribution in [2.24, 2.45) is 0 Å². The lowest BCUT2D eigenvalue weighted by Crippen LogP contribution is -2.07. The van der Waals surface area contributed by atoms with E-state index in [0.717, 1.165) is 12.1 Å². The highest BCUT2D eigenvalue weighted by Crippen LogP contribution is 2.36. The molecule has 0 saturated carbocycles. The third kappa shape index (κ3) is 3.34. The fourth-order valence-corrected chi connectivity index (χ4v) is 2.22. The topological polar surface area (TPSA) is 39.2 Å². The van der Waals surface area contributed by atoms with Gasteiger partial charge in [0.2, 0.25) is 0 Å². The van der Waals surface area contributed by atoms with Crippen LogP contribution in [0.15, 0.2) is 30.3 Å². The second-order valence-electron chi connectivity index (χ2n) is 4.21. The van der Waals surface area contributed by atoms with E-state index in [1.165, 1.54) is 25.3 Å². The molecule has 0 N–H and O–H groups in total. The molecule has 1 heterocycles. The molecule has 0 aliphatic carbocycles. The fraction of sp³-hybridized carbons (Fsp3) is 0.143. The molecule has 0 amide bonds. The molecule has 8 heteroatoms. The number of hydrogen-bond donors (Lipinski definition) is 0. The summed E-state index contributed by atoms with van der Waals surface area (Å²) in [5.74, 6) is -0.746.